The van der Waals surface area contributed by atoms with Crippen molar-refractivity contribution in [2.45, 2.75) is 50.3 Å². The summed E-state index contributed by atoms with van der Waals surface area (Å²) in [7, 11) is 0. The molecular formula is C23H25F6N3O3S. The van der Waals surface area contributed by atoms with E-state index >= 15 is 0 Å². The van der Waals surface area contributed by atoms with E-state index in [1.165, 1.54) is 0 Å². The van der Waals surface area contributed by atoms with E-state index in [0.29, 0.717) is 55.8 Å². The van der Waals surface area contributed by atoms with Crippen LogP contribution in [0.4, 0.5) is 31.1 Å². The molecule has 6 nitrogen and oxygen atoms in total. The van der Waals surface area contributed by atoms with Crippen LogP contribution in [0.15, 0.2) is 34.2 Å². The minimum absolute atomic E-state index is 0.0453. The van der Waals surface area contributed by atoms with Crippen molar-refractivity contribution in [1.82, 2.24) is 10.2 Å². The number of halogens is 6. The number of thioether (sulfide) groups is 1. The zero-order valence-corrected chi connectivity index (χ0v) is 19.8. The Morgan fingerprint density at radius 2 is 1.86 bits per heavy atom. The Kier molecular flexibility index (Phi) is 8.03. The third kappa shape index (κ3) is 6.61. The molecule has 0 spiro atoms. The molecular weight excluding hydrogens is 512 g/mol. The maximum absolute atomic E-state index is 13.5. The molecule has 1 aromatic carbocycles. The number of amides is 1. The van der Waals surface area contributed by atoms with E-state index in [-0.39, 0.29) is 42.0 Å². The monoisotopic (exact) mass is 537 g/mol. The van der Waals surface area contributed by atoms with Gasteiger partial charge in [-0.05, 0) is 67.7 Å². The highest BCUT2D eigenvalue weighted by Gasteiger charge is 2.38. The number of allylic oxidation sites excluding steroid dienone is 1. The van der Waals surface area contributed by atoms with Crippen molar-refractivity contribution in [1.29, 1.82) is 0 Å². The van der Waals surface area contributed by atoms with Crippen LogP contribution in [-0.2, 0) is 23.6 Å². The van der Waals surface area contributed by atoms with Gasteiger partial charge in [-0.2, -0.15) is 31.3 Å². The Morgan fingerprint density at radius 3 is 2.50 bits per heavy atom. The molecule has 0 unspecified atom stereocenters. The Hall–Kier alpha value is -2.09. The zero-order chi connectivity index (χ0) is 26.1. The summed E-state index contributed by atoms with van der Waals surface area (Å²) in [5, 5.41) is 12.8. The molecule has 13 heteroatoms. The predicted octanol–water partition coefficient (Wildman–Crippen LogP) is 4.82. The normalized spacial score (nSPS) is 25.9. The summed E-state index contributed by atoms with van der Waals surface area (Å²) in [4.78, 5) is 18.3. The molecule has 0 aliphatic carbocycles. The van der Waals surface area contributed by atoms with Crippen LogP contribution in [0.2, 0.25) is 0 Å². The van der Waals surface area contributed by atoms with E-state index in [4.69, 9.17) is 4.74 Å². The van der Waals surface area contributed by atoms with Gasteiger partial charge in [0.15, 0.2) is 0 Å². The van der Waals surface area contributed by atoms with Crippen LogP contribution in [-0.4, -0.2) is 59.5 Å². The van der Waals surface area contributed by atoms with E-state index in [2.05, 4.69) is 10.3 Å². The number of piperidine rings is 1. The lowest BCUT2D eigenvalue weighted by molar-refractivity contribution is -0.143. The number of aliphatic hydroxyl groups excluding tert-OH is 1. The van der Waals surface area contributed by atoms with Crippen LogP contribution in [0, 0.1) is 5.92 Å². The number of likely N-dealkylation sites (tertiary alicyclic amines) is 1. The van der Waals surface area contributed by atoms with Gasteiger partial charge in [0.2, 0.25) is 0 Å². The molecule has 2 N–H and O–H groups in total. The van der Waals surface area contributed by atoms with E-state index in [1.54, 1.807) is 4.90 Å². The van der Waals surface area contributed by atoms with E-state index < -0.39 is 29.6 Å². The van der Waals surface area contributed by atoms with Crippen molar-refractivity contribution < 1.29 is 41.0 Å². The third-order valence-electron chi connectivity index (χ3n) is 6.43. The van der Waals surface area contributed by atoms with Gasteiger partial charge in [0.25, 0.3) is 0 Å². The number of alkyl halides is 6. The second kappa shape index (κ2) is 10.7. The van der Waals surface area contributed by atoms with Crippen molar-refractivity contribution in [2.75, 3.05) is 26.3 Å². The van der Waals surface area contributed by atoms with Crippen molar-refractivity contribution in [3.05, 3.63) is 45.9 Å². The number of amidine groups is 1. The van der Waals surface area contributed by atoms with Crippen LogP contribution in [0.1, 0.15) is 36.0 Å². The minimum atomic E-state index is -4.90. The SMILES string of the molecule is O=C1N=C(N[C@H]2COCC[C@@H]2O)/C(=C/C2CCN(Cc3ccc(C(F)(F)F)cc3C(F)(F)F)CC2)S1. The van der Waals surface area contributed by atoms with Gasteiger partial charge >= 0.3 is 17.6 Å². The van der Waals surface area contributed by atoms with Gasteiger partial charge < -0.3 is 15.2 Å². The second-order valence-electron chi connectivity index (χ2n) is 9.02. The molecule has 198 valence electrons. The number of nitrogens with zero attached hydrogens (tertiary/aromatic N) is 2. The first-order valence-corrected chi connectivity index (χ1v) is 12.3. The van der Waals surface area contributed by atoms with Crippen LogP contribution >= 0.6 is 11.8 Å². The number of ether oxygens (including phenoxy) is 1. The first-order chi connectivity index (χ1) is 16.9. The van der Waals surface area contributed by atoms with Crippen LogP contribution in [0.25, 0.3) is 0 Å². The van der Waals surface area contributed by atoms with Gasteiger partial charge in [-0.15, -0.1) is 0 Å². The Bertz CT molecular complexity index is 1030. The van der Waals surface area contributed by atoms with Crippen molar-refractivity contribution in [3.63, 3.8) is 0 Å². The van der Waals surface area contributed by atoms with E-state index in [0.717, 1.165) is 17.8 Å². The quantitative estimate of drug-likeness (QED) is 0.537. The summed E-state index contributed by atoms with van der Waals surface area (Å²) in [6.07, 6.45) is -6.80. The molecule has 0 saturated carbocycles. The van der Waals surface area contributed by atoms with Gasteiger partial charge in [-0.1, -0.05) is 12.1 Å². The lowest BCUT2D eigenvalue weighted by Crippen LogP contribution is -2.49. The van der Waals surface area contributed by atoms with Crippen molar-refractivity contribution in [2.24, 2.45) is 10.9 Å². The molecule has 3 aliphatic rings. The molecule has 0 bridgehead atoms. The highest BCUT2D eigenvalue weighted by molar-refractivity contribution is 8.18. The third-order valence-corrected chi connectivity index (χ3v) is 7.25. The molecule has 36 heavy (non-hydrogen) atoms. The number of carbonyl (C=O) groups excluding carboxylic acids is 1. The molecule has 4 rings (SSSR count). The summed E-state index contributed by atoms with van der Waals surface area (Å²) in [6, 6.07) is 1.36. The first kappa shape index (κ1) is 27.0. The van der Waals surface area contributed by atoms with Gasteiger partial charge in [0.1, 0.15) is 5.84 Å². The Labute approximate surface area is 207 Å². The van der Waals surface area contributed by atoms with E-state index in [9.17, 15) is 36.2 Å². The number of hydrogen-bond acceptors (Lipinski definition) is 6. The Balaban J connectivity index is 1.39. The number of nitrogens with one attached hydrogen (secondary N) is 1. The average molecular weight is 538 g/mol. The fourth-order valence-corrected chi connectivity index (χ4v) is 5.24. The minimum Gasteiger partial charge on any atom is -0.391 e. The molecule has 0 aromatic heterocycles. The highest BCUT2D eigenvalue weighted by atomic mass is 32.2. The van der Waals surface area contributed by atoms with Gasteiger partial charge in [0.05, 0.1) is 34.8 Å². The lowest BCUT2D eigenvalue weighted by Gasteiger charge is -2.32. The van der Waals surface area contributed by atoms with Crippen LogP contribution in [0.5, 0.6) is 0 Å². The number of aliphatic imine (C=N–C) groups is 1. The maximum Gasteiger partial charge on any atom is 0.416 e. The summed E-state index contributed by atoms with van der Waals surface area (Å²) in [6.45, 7) is 1.52. The molecule has 3 aliphatic heterocycles. The van der Waals surface area contributed by atoms with Crippen molar-refractivity contribution >= 4 is 22.8 Å². The van der Waals surface area contributed by atoms with Gasteiger partial charge in [-0.3, -0.25) is 9.69 Å². The Morgan fingerprint density at radius 1 is 1.14 bits per heavy atom. The molecule has 0 radical (unpaired) electrons. The van der Waals surface area contributed by atoms with Gasteiger partial charge in [0, 0.05) is 13.2 Å². The number of carbonyl (C=O) groups is 1. The summed E-state index contributed by atoms with van der Waals surface area (Å²) in [5.41, 5.74) is -2.80. The molecule has 2 atom stereocenters. The molecule has 2 fully saturated rings. The summed E-state index contributed by atoms with van der Waals surface area (Å²) in [5.74, 6) is 0.422. The number of benzene rings is 1. The highest BCUT2D eigenvalue weighted by Crippen LogP contribution is 2.38. The van der Waals surface area contributed by atoms with E-state index in [1.807, 2.05) is 6.08 Å². The number of rotatable bonds is 4. The standard InChI is InChI=1S/C23H25F6N3O3S/c24-22(25,26)15-2-1-14(16(10-15)23(27,28)29)11-32-6-3-13(4-7-32)9-19-20(31-21(34)36-19)30-17-12-35-8-5-18(17)33/h1-2,9-10,13,17-18,33H,3-8,11-12H2,(H,30,31,34)/b19-9-/t17-,18-/m0/s1. The summed E-state index contributed by atoms with van der Waals surface area (Å²) >= 11 is 0.972. The summed E-state index contributed by atoms with van der Waals surface area (Å²) < 4.78 is 84.5. The maximum atomic E-state index is 13.5. The smallest absolute Gasteiger partial charge is 0.391 e. The molecule has 3 heterocycles. The fraction of sp³-hybridized carbons (Fsp3) is 0.565. The second-order valence-corrected chi connectivity index (χ2v) is 10.0. The predicted molar refractivity (Wildman–Crippen MR) is 121 cm³/mol. The molecule has 2 saturated heterocycles. The first-order valence-electron chi connectivity index (χ1n) is 11.4. The molecule has 1 aromatic rings. The lowest BCUT2D eigenvalue weighted by atomic mass is 9.95. The van der Waals surface area contributed by atoms with Crippen LogP contribution < -0.4 is 5.32 Å². The number of hydrogen-bond donors (Lipinski definition) is 2. The topological polar surface area (TPSA) is 74.2 Å². The molecule has 1 amide bonds. The largest absolute Gasteiger partial charge is 0.416 e. The fourth-order valence-electron chi connectivity index (χ4n) is 4.46. The van der Waals surface area contributed by atoms with Crippen molar-refractivity contribution in [3.8, 4) is 0 Å². The van der Waals surface area contributed by atoms with Crippen LogP contribution in [0.3, 0.4) is 0 Å². The number of aliphatic hydroxyl groups is 1. The van der Waals surface area contributed by atoms with Gasteiger partial charge in [-0.25, -0.2) is 0 Å². The zero-order valence-electron chi connectivity index (χ0n) is 19.0. The average Bonchev–Trinajstić information content (AvgIpc) is 3.14.